The van der Waals surface area contributed by atoms with E-state index in [1.54, 1.807) is 0 Å². The summed E-state index contributed by atoms with van der Waals surface area (Å²) < 4.78 is 5.76. The smallest absolute Gasteiger partial charge is 0.119 e. The molecule has 2 rings (SSSR count). The highest BCUT2D eigenvalue weighted by atomic mass is 35.5. The van der Waals surface area contributed by atoms with E-state index in [1.807, 2.05) is 24.3 Å². The first-order valence-electron chi connectivity index (χ1n) is 6.94. The molecule has 0 aliphatic carbocycles. The third-order valence-electron chi connectivity index (χ3n) is 3.93. The number of hydrogen-bond acceptors (Lipinski definition) is 3. The molecule has 0 spiro atoms. The number of hydrogen-bond donors (Lipinski definition) is 1. The van der Waals surface area contributed by atoms with Crippen LogP contribution in [0.25, 0.3) is 0 Å². The van der Waals surface area contributed by atoms with Crippen LogP contribution in [0.15, 0.2) is 24.3 Å². The molecule has 1 aliphatic heterocycles. The van der Waals surface area contributed by atoms with Crippen LogP contribution in [-0.4, -0.2) is 42.9 Å². The van der Waals surface area contributed by atoms with E-state index in [0.717, 1.165) is 31.8 Å². The Balaban J connectivity index is 1.84. The molecule has 1 saturated heterocycles. The second kappa shape index (κ2) is 7.13. The summed E-state index contributed by atoms with van der Waals surface area (Å²) in [7, 11) is 0. The van der Waals surface area contributed by atoms with E-state index in [2.05, 4.69) is 11.8 Å². The molecule has 106 valence electrons. The maximum atomic E-state index is 9.55. The number of benzene rings is 1. The summed E-state index contributed by atoms with van der Waals surface area (Å²) in [4.78, 5) is 2.43. The molecule has 0 amide bonds. The Bertz CT molecular complexity index is 382. The average molecular weight is 284 g/mol. The highest BCUT2D eigenvalue weighted by Crippen LogP contribution is 2.25. The number of ether oxygens (including phenoxy) is 1. The lowest BCUT2D eigenvalue weighted by molar-refractivity contribution is 0.119. The van der Waals surface area contributed by atoms with Gasteiger partial charge in [-0.05, 0) is 49.7 Å². The molecule has 1 aliphatic rings. The molecule has 2 atom stereocenters. The summed E-state index contributed by atoms with van der Waals surface area (Å²) in [5.41, 5.74) is 0. The number of aliphatic hydroxyl groups excluding tert-OH is 1. The van der Waals surface area contributed by atoms with Crippen molar-refractivity contribution in [2.45, 2.75) is 13.3 Å². The van der Waals surface area contributed by atoms with Gasteiger partial charge in [0.15, 0.2) is 0 Å². The summed E-state index contributed by atoms with van der Waals surface area (Å²) in [5, 5.41) is 10.3. The van der Waals surface area contributed by atoms with E-state index in [4.69, 9.17) is 16.3 Å². The van der Waals surface area contributed by atoms with E-state index >= 15 is 0 Å². The van der Waals surface area contributed by atoms with Crippen molar-refractivity contribution in [3.05, 3.63) is 29.3 Å². The minimum Gasteiger partial charge on any atom is -0.493 e. The Morgan fingerprint density at radius 1 is 1.42 bits per heavy atom. The molecule has 4 heteroatoms. The molecule has 1 heterocycles. The van der Waals surface area contributed by atoms with Crippen LogP contribution in [0, 0.1) is 11.8 Å². The zero-order valence-electron chi connectivity index (χ0n) is 11.4. The van der Waals surface area contributed by atoms with Crippen molar-refractivity contribution in [3.8, 4) is 5.75 Å². The van der Waals surface area contributed by atoms with Gasteiger partial charge in [0.2, 0.25) is 0 Å². The van der Waals surface area contributed by atoms with Gasteiger partial charge < -0.3 is 14.7 Å². The molecular weight excluding hydrogens is 262 g/mol. The van der Waals surface area contributed by atoms with Gasteiger partial charge in [0.05, 0.1) is 6.61 Å². The molecule has 1 N–H and O–H groups in total. The van der Waals surface area contributed by atoms with E-state index < -0.39 is 0 Å². The highest BCUT2D eigenvalue weighted by Gasteiger charge is 2.28. The molecule has 19 heavy (non-hydrogen) atoms. The summed E-state index contributed by atoms with van der Waals surface area (Å²) in [5.74, 6) is 1.57. The molecular formula is C15H22ClNO2. The first kappa shape index (κ1) is 14.6. The van der Waals surface area contributed by atoms with Crippen LogP contribution in [0.5, 0.6) is 5.75 Å². The fourth-order valence-corrected chi connectivity index (χ4v) is 2.73. The van der Waals surface area contributed by atoms with Gasteiger partial charge in [-0.3, -0.25) is 0 Å². The summed E-state index contributed by atoms with van der Waals surface area (Å²) in [6.07, 6.45) is 1.16. The number of likely N-dealkylation sites (tertiary alicyclic amines) is 1. The molecule has 0 saturated carbocycles. The Morgan fingerprint density at radius 3 is 2.74 bits per heavy atom. The maximum Gasteiger partial charge on any atom is 0.119 e. The van der Waals surface area contributed by atoms with E-state index in [1.165, 1.54) is 0 Å². The molecule has 3 nitrogen and oxygen atoms in total. The van der Waals surface area contributed by atoms with E-state index in [0.29, 0.717) is 17.5 Å². The minimum atomic E-state index is 0.190. The Labute approximate surface area is 120 Å². The van der Waals surface area contributed by atoms with Gasteiger partial charge in [-0.1, -0.05) is 18.5 Å². The minimum absolute atomic E-state index is 0.190. The number of aliphatic hydroxyl groups is 1. The molecule has 1 aromatic carbocycles. The van der Waals surface area contributed by atoms with Gasteiger partial charge in [-0.2, -0.15) is 0 Å². The first-order valence-corrected chi connectivity index (χ1v) is 7.32. The monoisotopic (exact) mass is 283 g/mol. The van der Waals surface area contributed by atoms with Gasteiger partial charge in [-0.25, -0.2) is 0 Å². The van der Waals surface area contributed by atoms with Crippen LogP contribution in [-0.2, 0) is 0 Å². The molecule has 0 bridgehead atoms. The van der Waals surface area contributed by atoms with Crippen LogP contribution in [0.4, 0.5) is 0 Å². The lowest BCUT2D eigenvalue weighted by atomic mass is 9.93. The molecule has 0 aromatic heterocycles. The zero-order valence-corrected chi connectivity index (χ0v) is 12.1. The van der Waals surface area contributed by atoms with Crippen molar-refractivity contribution in [2.75, 3.05) is 32.8 Å². The fourth-order valence-electron chi connectivity index (χ4n) is 2.61. The van der Waals surface area contributed by atoms with Crippen LogP contribution in [0.2, 0.25) is 5.02 Å². The molecule has 1 aromatic rings. The normalized spacial score (nSPS) is 21.5. The quantitative estimate of drug-likeness (QED) is 0.871. The summed E-state index contributed by atoms with van der Waals surface area (Å²) >= 11 is 5.84. The number of halogens is 1. The SMILES string of the molecule is CCN1CCC(C(CO)COc2ccc(Cl)cc2)C1. The van der Waals surface area contributed by atoms with Crippen LogP contribution in [0.3, 0.4) is 0 Å². The van der Waals surface area contributed by atoms with Gasteiger partial charge in [0, 0.05) is 24.1 Å². The summed E-state index contributed by atoms with van der Waals surface area (Å²) in [6.45, 7) is 6.24. The standard InChI is InChI=1S/C15H22ClNO2/c1-2-17-8-7-12(9-17)13(10-18)11-19-15-5-3-14(16)4-6-15/h3-6,12-13,18H,2,7-11H2,1H3. The van der Waals surface area contributed by atoms with E-state index in [-0.39, 0.29) is 12.5 Å². The van der Waals surface area contributed by atoms with Crippen LogP contribution >= 0.6 is 11.6 Å². The lowest BCUT2D eigenvalue weighted by Gasteiger charge is -2.22. The predicted octanol–water partition coefficient (Wildman–Crippen LogP) is 2.67. The second-order valence-electron chi connectivity index (χ2n) is 5.15. The van der Waals surface area contributed by atoms with Crippen molar-refractivity contribution >= 4 is 11.6 Å². The Morgan fingerprint density at radius 2 is 2.16 bits per heavy atom. The van der Waals surface area contributed by atoms with Gasteiger partial charge in [0.1, 0.15) is 5.75 Å². The molecule has 2 unspecified atom stereocenters. The summed E-state index contributed by atoms with van der Waals surface area (Å²) in [6, 6.07) is 7.37. The third kappa shape index (κ3) is 4.10. The Hall–Kier alpha value is -0.770. The predicted molar refractivity (Wildman–Crippen MR) is 77.7 cm³/mol. The van der Waals surface area contributed by atoms with E-state index in [9.17, 15) is 5.11 Å². The third-order valence-corrected chi connectivity index (χ3v) is 4.19. The van der Waals surface area contributed by atoms with Crippen molar-refractivity contribution in [1.29, 1.82) is 0 Å². The van der Waals surface area contributed by atoms with Crippen molar-refractivity contribution < 1.29 is 9.84 Å². The van der Waals surface area contributed by atoms with Gasteiger partial charge >= 0.3 is 0 Å². The number of nitrogens with zero attached hydrogens (tertiary/aromatic N) is 1. The van der Waals surface area contributed by atoms with Crippen LogP contribution in [0.1, 0.15) is 13.3 Å². The van der Waals surface area contributed by atoms with Crippen LogP contribution < -0.4 is 4.74 Å². The fraction of sp³-hybridized carbons (Fsp3) is 0.600. The van der Waals surface area contributed by atoms with Crippen molar-refractivity contribution in [2.24, 2.45) is 11.8 Å². The largest absolute Gasteiger partial charge is 0.493 e. The lowest BCUT2D eigenvalue weighted by Crippen LogP contribution is -2.28. The number of rotatable bonds is 6. The van der Waals surface area contributed by atoms with Gasteiger partial charge in [-0.15, -0.1) is 0 Å². The molecule has 1 fully saturated rings. The topological polar surface area (TPSA) is 32.7 Å². The Kier molecular flexibility index (Phi) is 5.49. The average Bonchev–Trinajstić information content (AvgIpc) is 2.90. The zero-order chi connectivity index (χ0) is 13.7. The molecule has 0 radical (unpaired) electrons. The van der Waals surface area contributed by atoms with Crippen molar-refractivity contribution in [3.63, 3.8) is 0 Å². The van der Waals surface area contributed by atoms with Gasteiger partial charge in [0.25, 0.3) is 0 Å². The van der Waals surface area contributed by atoms with Crippen molar-refractivity contribution in [1.82, 2.24) is 4.90 Å². The first-order chi connectivity index (χ1) is 9.22. The maximum absolute atomic E-state index is 9.55. The highest BCUT2D eigenvalue weighted by molar-refractivity contribution is 6.30. The second-order valence-corrected chi connectivity index (χ2v) is 5.59.